The Bertz CT molecular complexity index is 1340. The van der Waals surface area contributed by atoms with E-state index >= 15 is 0 Å². The molecular weight excluding hydrogens is 418 g/mol. The Morgan fingerprint density at radius 1 is 1.00 bits per heavy atom. The van der Waals surface area contributed by atoms with Crippen LogP contribution in [0.15, 0.2) is 65.8 Å². The Morgan fingerprint density at radius 3 is 2.73 bits per heavy atom. The van der Waals surface area contributed by atoms with E-state index in [1.807, 2.05) is 30.3 Å². The molecule has 8 heteroatoms. The zero-order chi connectivity index (χ0) is 22.6. The number of benzene rings is 2. The van der Waals surface area contributed by atoms with Crippen molar-refractivity contribution in [1.82, 2.24) is 19.0 Å². The van der Waals surface area contributed by atoms with Gasteiger partial charge in [0.25, 0.3) is 5.56 Å². The highest BCUT2D eigenvalue weighted by Gasteiger charge is 2.11. The topological polar surface area (TPSA) is 81.4 Å². The van der Waals surface area contributed by atoms with Crippen LogP contribution in [-0.2, 0) is 22.6 Å². The standard InChI is InChI=1S/C25H27N5O3/c31-24(8-10-30-18-26-22-4-2-1-3-21(22)25(30)32)27-20-5-6-23-19(17-20)7-9-29(23)12-11-28-13-15-33-16-14-28/h1-7,9,17-18H,8,10-16H2,(H,27,31). The molecule has 0 atom stereocenters. The zero-order valence-electron chi connectivity index (χ0n) is 18.4. The van der Waals surface area contributed by atoms with Crippen molar-refractivity contribution >= 4 is 33.4 Å². The monoisotopic (exact) mass is 445 g/mol. The second kappa shape index (κ2) is 9.56. The number of fused-ring (bicyclic) bond motifs is 2. The number of para-hydroxylation sites is 1. The van der Waals surface area contributed by atoms with Gasteiger partial charge in [-0.15, -0.1) is 0 Å². The van der Waals surface area contributed by atoms with Gasteiger partial charge in [0.1, 0.15) is 0 Å². The van der Waals surface area contributed by atoms with Gasteiger partial charge in [-0.1, -0.05) is 12.1 Å². The number of carbonyl (C=O) groups excluding carboxylic acids is 1. The molecule has 0 spiro atoms. The van der Waals surface area contributed by atoms with E-state index in [9.17, 15) is 9.59 Å². The van der Waals surface area contributed by atoms with Gasteiger partial charge in [-0.05, 0) is 36.4 Å². The van der Waals surface area contributed by atoms with Gasteiger partial charge in [-0.3, -0.25) is 19.1 Å². The summed E-state index contributed by atoms with van der Waals surface area (Å²) in [5, 5.41) is 4.59. The Hall–Kier alpha value is -3.49. The maximum absolute atomic E-state index is 12.6. The first kappa shape index (κ1) is 21.4. The summed E-state index contributed by atoms with van der Waals surface area (Å²) in [6.45, 7) is 5.78. The molecule has 4 aromatic rings. The van der Waals surface area contributed by atoms with Crippen molar-refractivity contribution in [3.8, 4) is 0 Å². The van der Waals surface area contributed by atoms with Crippen LogP contribution in [0.3, 0.4) is 0 Å². The largest absolute Gasteiger partial charge is 0.379 e. The first-order valence-corrected chi connectivity index (χ1v) is 11.3. The molecule has 1 N–H and O–H groups in total. The normalized spacial score (nSPS) is 14.7. The highest BCUT2D eigenvalue weighted by atomic mass is 16.5. The van der Waals surface area contributed by atoms with E-state index in [0.29, 0.717) is 10.9 Å². The van der Waals surface area contributed by atoms with Crippen LogP contribution in [0.4, 0.5) is 5.69 Å². The fourth-order valence-corrected chi connectivity index (χ4v) is 4.26. The summed E-state index contributed by atoms with van der Waals surface area (Å²) in [5.74, 6) is -0.138. The van der Waals surface area contributed by atoms with Crippen molar-refractivity contribution in [3.63, 3.8) is 0 Å². The number of nitrogens with zero attached hydrogens (tertiary/aromatic N) is 4. The summed E-state index contributed by atoms with van der Waals surface area (Å²) in [6.07, 6.45) is 3.79. The smallest absolute Gasteiger partial charge is 0.261 e. The third-order valence-electron chi connectivity index (χ3n) is 6.13. The molecule has 0 saturated carbocycles. The minimum Gasteiger partial charge on any atom is -0.379 e. The Kier molecular flexibility index (Phi) is 6.19. The van der Waals surface area contributed by atoms with Crippen LogP contribution in [0.25, 0.3) is 21.8 Å². The number of aromatic nitrogens is 3. The van der Waals surface area contributed by atoms with E-state index in [0.717, 1.165) is 56.0 Å². The van der Waals surface area contributed by atoms with Crippen LogP contribution in [0.5, 0.6) is 0 Å². The van der Waals surface area contributed by atoms with Crippen LogP contribution in [0.2, 0.25) is 0 Å². The molecule has 33 heavy (non-hydrogen) atoms. The highest BCUT2D eigenvalue weighted by Crippen LogP contribution is 2.21. The van der Waals surface area contributed by atoms with Crippen LogP contribution in [-0.4, -0.2) is 57.8 Å². The summed E-state index contributed by atoms with van der Waals surface area (Å²) in [6, 6.07) is 15.3. The van der Waals surface area contributed by atoms with Gasteiger partial charge in [0.15, 0.2) is 0 Å². The van der Waals surface area contributed by atoms with Gasteiger partial charge < -0.3 is 14.6 Å². The molecule has 2 aromatic heterocycles. The predicted octanol–water partition coefficient (Wildman–Crippen LogP) is 2.71. The third-order valence-corrected chi connectivity index (χ3v) is 6.13. The Morgan fingerprint density at radius 2 is 1.85 bits per heavy atom. The first-order chi connectivity index (χ1) is 16.2. The highest BCUT2D eigenvalue weighted by molar-refractivity contribution is 5.93. The lowest BCUT2D eigenvalue weighted by Gasteiger charge is -2.26. The van der Waals surface area contributed by atoms with Gasteiger partial charge in [0, 0.05) is 61.9 Å². The lowest BCUT2D eigenvalue weighted by Crippen LogP contribution is -2.38. The Labute approximate surface area is 191 Å². The van der Waals surface area contributed by atoms with Crippen molar-refractivity contribution in [2.24, 2.45) is 0 Å². The number of nitrogens with one attached hydrogen (secondary N) is 1. The van der Waals surface area contributed by atoms with E-state index in [1.54, 1.807) is 12.1 Å². The van der Waals surface area contributed by atoms with E-state index < -0.39 is 0 Å². The van der Waals surface area contributed by atoms with E-state index in [4.69, 9.17) is 4.74 Å². The maximum atomic E-state index is 12.6. The number of rotatable bonds is 7. The molecule has 0 radical (unpaired) electrons. The third kappa shape index (κ3) is 4.81. The Balaban J connectivity index is 1.20. The van der Waals surface area contributed by atoms with Crippen LogP contribution in [0, 0.1) is 0 Å². The number of morpholine rings is 1. The fraction of sp³-hybridized carbons (Fsp3) is 0.320. The number of carbonyl (C=O) groups is 1. The second-order valence-electron chi connectivity index (χ2n) is 8.30. The summed E-state index contributed by atoms with van der Waals surface area (Å²) < 4.78 is 9.15. The van der Waals surface area contributed by atoms with Crippen molar-refractivity contribution in [1.29, 1.82) is 0 Å². The van der Waals surface area contributed by atoms with Gasteiger partial charge >= 0.3 is 0 Å². The number of amides is 1. The summed E-state index contributed by atoms with van der Waals surface area (Å²) in [4.78, 5) is 31.8. The number of aryl methyl sites for hydroxylation is 1. The molecule has 170 valence electrons. The lowest BCUT2D eigenvalue weighted by molar-refractivity contribution is -0.116. The van der Waals surface area contributed by atoms with Crippen molar-refractivity contribution < 1.29 is 9.53 Å². The average molecular weight is 446 g/mol. The summed E-state index contributed by atoms with van der Waals surface area (Å²) in [5.41, 5.74) is 2.43. The lowest BCUT2D eigenvalue weighted by atomic mass is 10.2. The SMILES string of the molecule is O=C(CCn1cnc2ccccc2c1=O)Nc1ccc2c(ccn2CCN2CCOCC2)c1. The summed E-state index contributed by atoms with van der Waals surface area (Å²) >= 11 is 0. The van der Waals surface area contributed by atoms with E-state index in [-0.39, 0.29) is 24.4 Å². The van der Waals surface area contributed by atoms with Crippen molar-refractivity contribution in [3.05, 3.63) is 71.4 Å². The molecular formula is C25H27N5O3. The molecule has 1 aliphatic heterocycles. The minimum absolute atomic E-state index is 0.131. The number of ether oxygens (including phenoxy) is 1. The zero-order valence-corrected chi connectivity index (χ0v) is 18.4. The van der Waals surface area contributed by atoms with E-state index in [1.165, 1.54) is 10.9 Å². The summed E-state index contributed by atoms with van der Waals surface area (Å²) in [7, 11) is 0. The molecule has 2 aromatic carbocycles. The average Bonchev–Trinajstić information content (AvgIpc) is 3.25. The fourth-order valence-electron chi connectivity index (χ4n) is 4.26. The number of anilines is 1. The van der Waals surface area contributed by atoms with Crippen LogP contribution < -0.4 is 10.9 Å². The van der Waals surface area contributed by atoms with Gasteiger partial charge in [-0.25, -0.2) is 4.98 Å². The van der Waals surface area contributed by atoms with Gasteiger partial charge in [-0.2, -0.15) is 0 Å². The number of hydrogen-bond donors (Lipinski definition) is 1. The van der Waals surface area contributed by atoms with Gasteiger partial charge in [0.05, 0.1) is 30.4 Å². The molecule has 1 saturated heterocycles. The van der Waals surface area contributed by atoms with E-state index in [2.05, 4.69) is 32.0 Å². The molecule has 1 amide bonds. The minimum atomic E-state index is -0.138. The molecule has 8 nitrogen and oxygen atoms in total. The first-order valence-electron chi connectivity index (χ1n) is 11.3. The second-order valence-corrected chi connectivity index (χ2v) is 8.30. The molecule has 0 bridgehead atoms. The molecule has 0 unspecified atom stereocenters. The van der Waals surface area contributed by atoms with Crippen LogP contribution in [0.1, 0.15) is 6.42 Å². The molecule has 3 heterocycles. The predicted molar refractivity (Wildman–Crippen MR) is 128 cm³/mol. The number of hydrogen-bond acceptors (Lipinski definition) is 5. The molecule has 1 aliphatic rings. The van der Waals surface area contributed by atoms with Gasteiger partial charge in [0.2, 0.25) is 5.91 Å². The van der Waals surface area contributed by atoms with Crippen molar-refractivity contribution in [2.75, 3.05) is 38.2 Å². The molecule has 5 rings (SSSR count). The van der Waals surface area contributed by atoms with Crippen molar-refractivity contribution in [2.45, 2.75) is 19.5 Å². The maximum Gasteiger partial charge on any atom is 0.261 e. The molecule has 0 aliphatic carbocycles. The quantitative estimate of drug-likeness (QED) is 0.473. The molecule has 1 fully saturated rings. The van der Waals surface area contributed by atoms with Crippen LogP contribution >= 0.6 is 0 Å².